The Labute approximate surface area is 204 Å². The van der Waals surface area contributed by atoms with E-state index in [1.54, 1.807) is 60.9 Å². The van der Waals surface area contributed by atoms with E-state index in [0.717, 1.165) is 44.9 Å². The van der Waals surface area contributed by atoms with E-state index in [1.807, 2.05) is 0 Å². The fraction of sp³-hybridized carbons (Fsp3) is 0.840. The van der Waals surface area contributed by atoms with Gasteiger partial charge in [-0.2, -0.15) is 0 Å². The number of carbonyl (C=O) groups excluding carboxylic acids is 4. The molecule has 0 spiro atoms. The van der Waals surface area contributed by atoms with Crippen LogP contribution in [0.3, 0.4) is 0 Å². The van der Waals surface area contributed by atoms with Gasteiger partial charge in [0.2, 0.25) is 17.7 Å². The molecule has 2 aliphatic carbocycles. The molecule has 0 saturated heterocycles. The summed E-state index contributed by atoms with van der Waals surface area (Å²) in [6.45, 7) is 5.28. The molecule has 0 aromatic heterocycles. The van der Waals surface area contributed by atoms with Crippen molar-refractivity contribution in [2.75, 3.05) is 35.2 Å². The summed E-state index contributed by atoms with van der Waals surface area (Å²) in [7, 11) is 8.23. The SMILES string of the molecule is CNC1(C(=O)N(C)[C@H](C(=O)N(C)[C@@H](CC(=O)OC(C)(C)C)C(=O)N(C)C)C2CCCC2)CCC1. The second kappa shape index (κ2) is 11.1. The van der Waals surface area contributed by atoms with Gasteiger partial charge in [-0.25, -0.2) is 0 Å². The van der Waals surface area contributed by atoms with Gasteiger partial charge in [-0.3, -0.25) is 19.2 Å². The monoisotopic (exact) mass is 480 g/mol. The topological polar surface area (TPSA) is 99.3 Å². The highest BCUT2D eigenvalue weighted by atomic mass is 16.6. The highest BCUT2D eigenvalue weighted by Crippen LogP contribution is 2.37. The summed E-state index contributed by atoms with van der Waals surface area (Å²) in [6.07, 6.45) is 5.94. The fourth-order valence-electron chi connectivity index (χ4n) is 5.11. The second-order valence-electron chi connectivity index (χ2n) is 11.1. The van der Waals surface area contributed by atoms with Crippen LogP contribution in [0.25, 0.3) is 0 Å². The van der Waals surface area contributed by atoms with Crippen molar-refractivity contribution in [3.05, 3.63) is 0 Å². The number of hydrogen-bond donors (Lipinski definition) is 1. The largest absolute Gasteiger partial charge is 0.460 e. The number of carbonyl (C=O) groups is 4. The first-order valence-corrected chi connectivity index (χ1v) is 12.4. The van der Waals surface area contributed by atoms with Crippen LogP contribution in [0.4, 0.5) is 0 Å². The quantitative estimate of drug-likeness (QED) is 0.505. The van der Waals surface area contributed by atoms with Crippen LogP contribution in [0.5, 0.6) is 0 Å². The number of nitrogens with one attached hydrogen (secondary N) is 1. The Morgan fingerprint density at radius 3 is 1.91 bits per heavy atom. The van der Waals surface area contributed by atoms with Gasteiger partial charge in [0.05, 0.1) is 12.0 Å². The molecule has 0 aromatic rings. The van der Waals surface area contributed by atoms with Crippen molar-refractivity contribution in [2.24, 2.45) is 5.92 Å². The Morgan fingerprint density at radius 1 is 0.941 bits per heavy atom. The van der Waals surface area contributed by atoms with E-state index in [1.165, 1.54) is 9.80 Å². The number of likely N-dealkylation sites (N-methyl/N-ethyl adjacent to an activating group) is 4. The zero-order valence-electron chi connectivity index (χ0n) is 22.3. The molecule has 2 rings (SSSR count). The summed E-state index contributed by atoms with van der Waals surface area (Å²) in [5.74, 6) is -1.27. The number of hydrogen-bond acceptors (Lipinski definition) is 6. The van der Waals surface area contributed by atoms with Crippen molar-refractivity contribution in [1.82, 2.24) is 20.0 Å². The maximum absolute atomic E-state index is 13.9. The number of ether oxygens (including phenoxy) is 1. The second-order valence-corrected chi connectivity index (χ2v) is 11.1. The van der Waals surface area contributed by atoms with Crippen LogP contribution in [0.2, 0.25) is 0 Å². The number of nitrogens with zero attached hydrogens (tertiary/aromatic N) is 3. The Bertz CT molecular complexity index is 760. The molecule has 194 valence electrons. The van der Waals surface area contributed by atoms with E-state index in [2.05, 4.69) is 5.32 Å². The minimum absolute atomic E-state index is 0.0227. The fourth-order valence-corrected chi connectivity index (χ4v) is 5.11. The zero-order valence-corrected chi connectivity index (χ0v) is 22.3. The molecule has 0 radical (unpaired) electrons. The van der Waals surface area contributed by atoms with Crippen LogP contribution in [-0.4, -0.2) is 96.9 Å². The Hall–Kier alpha value is -2.16. The van der Waals surface area contributed by atoms with E-state index >= 15 is 0 Å². The first-order valence-electron chi connectivity index (χ1n) is 12.4. The minimum atomic E-state index is -1.01. The van der Waals surface area contributed by atoms with Gasteiger partial charge in [-0.05, 0) is 65.8 Å². The lowest BCUT2D eigenvalue weighted by Gasteiger charge is -2.45. The molecule has 0 heterocycles. The van der Waals surface area contributed by atoms with Crippen LogP contribution in [-0.2, 0) is 23.9 Å². The molecular weight excluding hydrogens is 436 g/mol. The number of amides is 3. The Kier molecular flexibility index (Phi) is 9.13. The van der Waals surface area contributed by atoms with Gasteiger partial charge in [0.1, 0.15) is 17.7 Å². The van der Waals surface area contributed by atoms with E-state index in [0.29, 0.717) is 0 Å². The summed E-state index contributed by atoms with van der Waals surface area (Å²) in [5, 5.41) is 3.17. The van der Waals surface area contributed by atoms with Gasteiger partial charge in [0.15, 0.2) is 0 Å². The smallest absolute Gasteiger partial charge is 0.308 e. The molecule has 9 nitrogen and oxygen atoms in total. The highest BCUT2D eigenvalue weighted by Gasteiger charge is 2.49. The minimum Gasteiger partial charge on any atom is -0.460 e. The normalized spacial score (nSPS) is 19.5. The van der Waals surface area contributed by atoms with E-state index in [-0.39, 0.29) is 30.1 Å². The van der Waals surface area contributed by atoms with Gasteiger partial charge in [-0.15, -0.1) is 0 Å². The molecule has 0 bridgehead atoms. The van der Waals surface area contributed by atoms with Crippen molar-refractivity contribution in [3.63, 3.8) is 0 Å². The molecule has 0 unspecified atom stereocenters. The third-order valence-electron chi connectivity index (χ3n) is 7.25. The van der Waals surface area contributed by atoms with Crippen molar-refractivity contribution in [1.29, 1.82) is 0 Å². The lowest BCUT2D eigenvalue weighted by molar-refractivity contribution is -0.162. The standard InChI is InChI=1S/C25H44N4O5/c1-24(2,3)34-19(30)16-18(21(31)27(5)6)28(7)22(32)20(17-12-9-10-13-17)29(8)23(33)25(26-4)14-11-15-25/h17-18,20,26H,9-16H2,1-8H3/t18-,20-/m0/s1. The average molecular weight is 481 g/mol. The lowest BCUT2D eigenvalue weighted by atomic mass is 9.75. The Morgan fingerprint density at radius 2 is 1.50 bits per heavy atom. The van der Waals surface area contributed by atoms with E-state index in [9.17, 15) is 19.2 Å². The maximum Gasteiger partial charge on any atom is 0.308 e. The van der Waals surface area contributed by atoms with E-state index in [4.69, 9.17) is 4.74 Å². The molecule has 0 aliphatic heterocycles. The lowest BCUT2D eigenvalue weighted by Crippen LogP contribution is -2.65. The third-order valence-corrected chi connectivity index (χ3v) is 7.25. The average Bonchev–Trinajstić information content (AvgIpc) is 3.23. The summed E-state index contributed by atoms with van der Waals surface area (Å²) >= 11 is 0. The summed E-state index contributed by atoms with van der Waals surface area (Å²) < 4.78 is 5.43. The molecule has 34 heavy (non-hydrogen) atoms. The molecule has 3 amide bonds. The molecule has 9 heteroatoms. The van der Waals surface area contributed by atoms with E-state index < -0.39 is 29.2 Å². The highest BCUT2D eigenvalue weighted by molar-refractivity contribution is 5.95. The van der Waals surface area contributed by atoms with Crippen molar-refractivity contribution >= 4 is 23.7 Å². The van der Waals surface area contributed by atoms with Gasteiger partial charge >= 0.3 is 5.97 Å². The number of esters is 1. The summed E-state index contributed by atoms with van der Waals surface area (Å²) in [5.41, 5.74) is -1.32. The molecule has 2 atom stereocenters. The predicted octanol–water partition coefficient (Wildman–Crippen LogP) is 1.79. The van der Waals surface area contributed by atoms with Crippen LogP contribution >= 0.6 is 0 Å². The first-order chi connectivity index (χ1) is 15.7. The third kappa shape index (κ3) is 6.29. The molecule has 0 aromatic carbocycles. The van der Waals surface area contributed by atoms with Crippen molar-refractivity contribution in [2.45, 2.75) is 95.4 Å². The zero-order chi connectivity index (χ0) is 25.8. The van der Waals surface area contributed by atoms with Gasteiger partial charge in [0.25, 0.3) is 0 Å². The van der Waals surface area contributed by atoms with Crippen molar-refractivity contribution < 1.29 is 23.9 Å². The molecule has 2 saturated carbocycles. The van der Waals surface area contributed by atoms with Crippen LogP contribution in [0, 0.1) is 5.92 Å². The van der Waals surface area contributed by atoms with Crippen molar-refractivity contribution in [3.8, 4) is 0 Å². The Balaban J connectivity index is 2.33. The van der Waals surface area contributed by atoms with Gasteiger partial charge < -0.3 is 24.8 Å². The number of rotatable bonds is 9. The first kappa shape index (κ1) is 28.1. The summed E-state index contributed by atoms with van der Waals surface area (Å²) in [6, 6.07) is -1.69. The molecule has 2 fully saturated rings. The van der Waals surface area contributed by atoms with Gasteiger partial charge in [-0.1, -0.05) is 12.8 Å². The maximum atomic E-state index is 13.9. The summed E-state index contributed by atoms with van der Waals surface area (Å²) in [4.78, 5) is 57.4. The molecule has 1 N–H and O–H groups in total. The molecule has 2 aliphatic rings. The molecular formula is C25H44N4O5. The van der Waals surface area contributed by atoms with Gasteiger partial charge in [0, 0.05) is 28.2 Å². The van der Waals surface area contributed by atoms with Crippen LogP contribution < -0.4 is 5.32 Å². The predicted molar refractivity (Wildman–Crippen MR) is 130 cm³/mol. The van der Waals surface area contributed by atoms with Crippen LogP contribution in [0.15, 0.2) is 0 Å². The van der Waals surface area contributed by atoms with Crippen LogP contribution in [0.1, 0.15) is 72.1 Å².